The largest absolute Gasteiger partial charge is 0.328 e. The van der Waals surface area contributed by atoms with Crippen LogP contribution in [0, 0.1) is 0 Å². The van der Waals surface area contributed by atoms with E-state index in [1.807, 2.05) is 20.8 Å². The highest BCUT2D eigenvalue weighted by molar-refractivity contribution is 4.98. The van der Waals surface area contributed by atoms with Crippen molar-refractivity contribution in [3.63, 3.8) is 0 Å². The van der Waals surface area contributed by atoms with Crippen molar-refractivity contribution in [3.05, 3.63) is 0 Å². The quantitative estimate of drug-likeness (QED) is 0.706. The third-order valence-corrected chi connectivity index (χ3v) is 2.89. The number of nitrogens with two attached hydrogens (primary N) is 1. The van der Waals surface area contributed by atoms with Crippen molar-refractivity contribution >= 4 is 0 Å². The fraction of sp³-hybridized carbons (Fsp3) is 1.00. The van der Waals surface area contributed by atoms with Crippen LogP contribution < -0.4 is 11.1 Å². The molecule has 0 aliphatic heterocycles. The second kappa shape index (κ2) is 3.93. The fourth-order valence-electron chi connectivity index (χ4n) is 2.11. The lowest BCUT2D eigenvalue weighted by Gasteiger charge is -2.29. The molecule has 3 N–H and O–H groups in total. The van der Waals surface area contributed by atoms with Crippen LogP contribution in [0.25, 0.3) is 0 Å². The zero-order valence-corrected chi connectivity index (χ0v) is 8.81. The van der Waals surface area contributed by atoms with E-state index in [2.05, 4.69) is 5.32 Å². The Balaban J connectivity index is 2.49. The van der Waals surface area contributed by atoms with Gasteiger partial charge in [-0.3, -0.25) is 0 Å². The van der Waals surface area contributed by atoms with Crippen molar-refractivity contribution in [2.24, 2.45) is 5.73 Å². The van der Waals surface area contributed by atoms with E-state index in [0.29, 0.717) is 18.9 Å². The zero-order valence-electron chi connectivity index (χ0n) is 8.81. The summed E-state index contributed by atoms with van der Waals surface area (Å²) in [7, 11) is 0. The van der Waals surface area contributed by atoms with Crippen LogP contribution in [0.15, 0.2) is 0 Å². The third kappa shape index (κ3) is 2.64. The molecule has 0 spiro atoms. The summed E-state index contributed by atoms with van der Waals surface area (Å²) < 4.78 is 14.2. The van der Waals surface area contributed by atoms with Gasteiger partial charge in [0.1, 0.15) is 5.67 Å². The average molecular weight is 188 g/mol. The SMILES string of the molecule is CC(C)N[C@H](C)[C@@]1(F)CC[C@H](N)C1. The number of alkyl halides is 1. The van der Waals surface area contributed by atoms with Crippen LogP contribution >= 0.6 is 0 Å². The smallest absolute Gasteiger partial charge is 0.127 e. The normalized spacial score (nSPS) is 36.9. The van der Waals surface area contributed by atoms with Gasteiger partial charge in [-0.1, -0.05) is 13.8 Å². The van der Waals surface area contributed by atoms with E-state index in [9.17, 15) is 4.39 Å². The maximum Gasteiger partial charge on any atom is 0.127 e. The highest BCUT2D eigenvalue weighted by Crippen LogP contribution is 2.35. The molecule has 1 aliphatic carbocycles. The van der Waals surface area contributed by atoms with Gasteiger partial charge in [0.2, 0.25) is 0 Å². The first-order valence-electron chi connectivity index (χ1n) is 5.14. The minimum atomic E-state index is -1.08. The molecular formula is C10H21FN2. The summed E-state index contributed by atoms with van der Waals surface area (Å²) in [6.07, 6.45) is 1.93. The van der Waals surface area contributed by atoms with Crippen LogP contribution in [-0.4, -0.2) is 23.8 Å². The molecule has 78 valence electrons. The van der Waals surface area contributed by atoms with Crippen molar-refractivity contribution in [1.29, 1.82) is 0 Å². The predicted octanol–water partition coefficient (Wildman–Crippen LogP) is 1.59. The Morgan fingerprint density at radius 2 is 2.08 bits per heavy atom. The maximum absolute atomic E-state index is 14.2. The van der Waals surface area contributed by atoms with Gasteiger partial charge in [0.25, 0.3) is 0 Å². The maximum atomic E-state index is 14.2. The predicted molar refractivity (Wildman–Crippen MR) is 53.4 cm³/mol. The van der Waals surface area contributed by atoms with Gasteiger partial charge < -0.3 is 11.1 Å². The number of hydrogen-bond donors (Lipinski definition) is 2. The Morgan fingerprint density at radius 1 is 1.46 bits per heavy atom. The van der Waals surface area contributed by atoms with Crippen molar-refractivity contribution < 1.29 is 4.39 Å². The second-order valence-corrected chi connectivity index (χ2v) is 4.58. The summed E-state index contributed by atoms with van der Waals surface area (Å²) in [5.41, 5.74) is 4.63. The van der Waals surface area contributed by atoms with E-state index in [0.717, 1.165) is 6.42 Å². The monoisotopic (exact) mass is 188 g/mol. The van der Waals surface area contributed by atoms with E-state index in [4.69, 9.17) is 5.73 Å². The molecule has 0 bridgehead atoms. The molecule has 3 atom stereocenters. The summed E-state index contributed by atoms with van der Waals surface area (Å²) in [6.45, 7) is 5.99. The molecule has 1 aliphatic rings. The molecule has 1 rings (SSSR count). The topological polar surface area (TPSA) is 38.0 Å². The van der Waals surface area contributed by atoms with Crippen molar-refractivity contribution in [3.8, 4) is 0 Å². The molecule has 0 heterocycles. The van der Waals surface area contributed by atoms with Gasteiger partial charge in [0, 0.05) is 18.1 Å². The molecule has 0 unspecified atom stereocenters. The van der Waals surface area contributed by atoms with Gasteiger partial charge in [-0.25, -0.2) is 4.39 Å². The van der Waals surface area contributed by atoms with Gasteiger partial charge in [0.15, 0.2) is 0 Å². The molecule has 13 heavy (non-hydrogen) atoms. The van der Waals surface area contributed by atoms with Crippen molar-refractivity contribution in [2.45, 2.75) is 63.8 Å². The molecule has 3 heteroatoms. The highest BCUT2D eigenvalue weighted by atomic mass is 19.1. The van der Waals surface area contributed by atoms with Gasteiger partial charge in [-0.2, -0.15) is 0 Å². The molecule has 0 aromatic rings. The minimum absolute atomic E-state index is 0.0569. The van der Waals surface area contributed by atoms with Crippen LogP contribution in [-0.2, 0) is 0 Å². The van der Waals surface area contributed by atoms with Crippen LogP contribution in [0.4, 0.5) is 4.39 Å². The number of rotatable bonds is 3. The summed E-state index contributed by atoms with van der Waals surface area (Å²) in [4.78, 5) is 0. The molecule has 0 amide bonds. The van der Waals surface area contributed by atoms with Crippen LogP contribution in [0.1, 0.15) is 40.0 Å². The number of halogens is 1. The van der Waals surface area contributed by atoms with E-state index in [-0.39, 0.29) is 12.1 Å². The first-order valence-corrected chi connectivity index (χ1v) is 5.14. The summed E-state index contributed by atoms with van der Waals surface area (Å²) in [6, 6.07) is 0.307. The lowest BCUT2D eigenvalue weighted by Crippen LogP contribution is -2.47. The summed E-state index contributed by atoms with van der Waals surface area (Å²) in [5, 5.41) is 3.22. The standard InChI is InChI=1S/C10H21FN2/c1-7(2)13-8(3)10(11)5-4-9(12)6-10/h7-9,13H,4-6,12H2,1-3H3/t8-,9+,10-/m1/s1. The second-order valence-electron chi connectivity index (χ2n) is 4.58. The Bertz CT molecular complexity index is 172. The Kier molecular flexibility index (Phi) is 3.30. The molecule has 0 radical (unpaired) electrons. The molecule has 0 aromatic heterocycles. The number of hydrogen-bond acceptors (Lipinski definition) is 2. The minimum Gasteiger partial charge on any atom is -0.328 e. The van der Waals surface area contributed by atoms with E-state index < -0.39 is 5.67 Å². The van der Waals surface area contributed by atoms with Crippen molar-refractivity contribution in [2.75, 3.05) is 0 Å². The molecule has 1 saturated carbocycles. The van der Waals surface area contributed by atoms with Crippen molar-refractivity contribution in [1.82, 2.24) is 5.32 Å². The first kappa shape index (κ1) is 10.9. The average Bonchev–Trinajstić information content (AvgIpc) is 2.31. The zero-order chi connectivity index (χ0) is 10.1. The van der Waals surface area contributed by atoms with Gasteiger partial charge in [0.05, 0.1) is 0 Å². The molecule has 2 nitrogen and oxygen atoms in total. The molecule has 0 saturated heterocycles. The van der Waals surface area contributed by atoms with Crippen LogP contribution in [0.3, 0.4) is 0 Å². The highest BCUT2D eigenvalue weighted by Gasteiger charge is 2.42. The molecular weight excluding hydrogens is 167 g/mol. The van der Waals surface area contributed by atoms with Gasteiger partial charge in [-0.05, 0) is 26.2 Å². The molecule has 0 aromatic carbocycles. The summed E-state index contributed by atoms with van der Waals surface area (Å²) in [5.74, 6) is 0. The number of nitrogens with one attached hydrogen (secondary N) is 1. The van der Waals surface area contributed by atoms with Gasteiger partial charge in [-0.15, -0.1) is 0 Å². The summed E-state index contributed by atoms with van der Waals surface area (Å²) >= 11 is 0. The lowest BCUT2D eigenvalue weighted by atomic mass is 9.95. The lowest BCUT2D eigenvalue weighted by molar-refractivity contribution is 0.114. The third-order valence-electron chi connectivity index (χ3n) is 2.89. The van der Waals surface area contributed by atoms with Gasteiger partial charge >= 0.3 is 0 Å². The fourth-order valence-corrected chi connectivity index (χ4v) is 2.11. The Morgan fingerprint density at radius 3 is 2.46 bits per heavy atom. The van der Waals surface area contributed by atoms with Crippen LogP contribution in [0.5, 0.6) is 0 Å². The van der Waals surface area contributed by atoms with E-state index >= 15 is 0 Å². The van der Waals surface area contributed by atoms with E-state index in [1.54, 1.807) is 0 Å². The Hall–Kier alpha value is -0.150. The first-order chi connectivity index (χ1) is 5.94. The Labute approximate surface area is 80.1 Å². The van der Waals surface area contributed by atoms with Crippen LogP contribution in [0.2, 0.25) is 0 Å². The van der Waals surface area contributed by atoms with E-state index in [1.165, 1.54) is 0 Å². The molecule has 1 fully saturated rings.